The van der Waals surface area contributed by atoms with Crippen molar-refractivity contribution in [3.63, 3.8) is 0 Å². The number of rotatable bonds is 0. The number of nitrogens with zero attached hydrogens (tertiary/aromatic N) is 1. The lowest BCUT2D eigenvalue weighted by Crippen LogP contribution is -2.28. The monoisotopic (exact) mass is 247 g/mol. The lowest BCUT2D eigenvalue weighted by molar-refractivity contribution is -0.117. The van der Waals surface area contributed by atoms with Crippen molar-refractivity contribution in [2.45, 2.75) is 12.8 Å². The van der Waals surface area contributed by atoms with Crippen molar-refractivity contribution in [1.29, 1.82) is 0 Å². The summed E-state index contributed by atoms with van der Waals surface area (Å²) < 4.78 is 0. The third kappa shape index (κ3) is 1.46. The molecule has 0 radical (unpaired) electrons. The van der Waals surface area contributed by atoms with Crippen LogP contribution in [0.4, 0.5) is 5.69 Å². The van der Waals surface area contributed by atoms with E-state index in [0.29, 0.717) is 6.42 Å². The van der Waals surface area contributed by atoms with Gasteiger partial charge < -0.3 is 0 Å². The third-order valence-corrected chi connectivity index (χ3v) is 3.87. The van der Waals surface area contributed by atoms with Gasteiger partial charge in [0.05, 0.1) is 12.1 Å². The lowest BCUT2D eigenvalue weighted by Gasteiger charge is -2.25. The molecule has 1 amide bonds. The van der Waals surface area contributed by atoms with Gasteiger partial charge >= 0.3 is 0 Å². The minimum atomic E-state index is 0.148. The van der Waals surface area contributed by atoms with Gasteiger partial charge in [0.15, 0.2) is 0 Å². The first-order valence-corrected chi connectivity index (χ1v) is 6.53. The van der Waals surface area contributed by atoms with Crippen LogP contribution in [0.5, 0.6) is 0 Å². The van der Waals surface area contributed by atoms with Crippen molar-refractivity contribution in [2.75, 3.05) is 4.90 Å². The Morgan fingerprint density at radius 3 is 2.63 bits per heavy atom. The highest BCUT2D eigenvalue weighted by Gasteiger charge is 2.27. The predicted octanol–water partition coefficient (Wildman–Crippen LogP) is 3.31. The molecule has 0 spiro atoms. The highest BCUT2D eigenvalue weighted by atomic mass is 16.2. The Morgan fingerprint density at radius 1 is 0.895 bits per heavy atom. The van der Waals surface area contributed by atoms with Gasteiger partial charge in [-0.05, 0) is 23.1 Å². The first-order chi connectivity index (χ1) is 9.34. The van der Waals surface area contributed by atoms with Gasteiger partial charge in [-0.25, -0.2) is 0 Å². The zero-order valence-corrected chi connectivity index (χ0v) is 10.5. The van der Waals surface area contributed by atoms with Crippen molar-refractivity contribution in [2.24, 2.45) is 0 Å². The van der Waals surface area contributed by atoms with Crippen LogP contribution in [0, 0.1) is 0 Å². The van der Waals surface area contributed by atoms with E-state index in [-0.39, 0.29) is 5.91 Å². The van der Waals surface area contributed by atoms with Crippen molar-refractivity contribution in [3.05, 3.63) is 65.9 Å². The fourth-order valence-electron chi connectivity index (χ4n) is 3.01. The molecule has 92 valence electrons. The Bertz CT molecular complexity index is 715. The quantitative estimate of drug-likeness (QED) is 0.699. The second kappa shape index (κ2) is 3.82. The molecule has 2 aromatic rings. The molecule has 19 heavy (non-hydrogen) atoms. The molecule has 0 aromatic heterocycles. The van der Waals surface area contributed by atoms with Crippen LogP contribution in [0.25, 0.3) is 11.1 Å². The average molecular weight is 247 g/mol. The number of fused-ring (bicyclic) bond motifs is 2. The van der Waals surface area contributed by atoms with E-state index in [4.69, 9.17) is 0 Å². The summed E-state index contributed by atoms with van der Waals surface area (Å²) in [5.41, 5.74) is 5.77. The van der Waals surface area contributed by atoms with Gasteiger partial charge in [0.25, 0.3) is 0 Å². The summed E-state index contributed by atoms with van der Waals surface area (Å²) in [6.07, 6.45) is 5.34. The third-order valence-electron chi connectivity index (χ3n) is 3.87. The second-order valence-corrected chi connectivity index (χ2v) is 5.00. The first-order valence-electron chi connectivity index (χ1n) is 6.53. The Labute approximate surface area is 112 Å². The Morgan fingerprint density at radius 2 is 1.68 bits per heavy atom. The van der Waals surface area contributed by atoms with Crippen LogP contribution in [0.3, 0.4) is 0 Å². The smallest absolute Gasteiger partial charge is 0.235 e. The molecular formula is C17H13NO. The zero-order chi connectivity index (χ0) is 12.8. The fourth-order valence-corrected chi connectivity index (χ4v) is 3.01. The van der Waals surface area contributed by atoms with E-state index in [2.05, 4.69) is 36.4 Å². The number of hydrogen-bond donors (Lipinski definition) is 0. The van der Waals surface area contributed by atoms with Gasteiger partial charge in [0.2, 0.25) is 5.91 Å². The Hall–Kier alpha value is -2.35. The van der Waals surface area contributed by atoms with Gasteiger partial charge in [-0.2, -0.15) is 0 Å². The standard InChI is InChI=1S/C17H13NO/c19-16-11-13-5-1-2-8-14(13)15-9-3-6-12-7-4-10-18(16)17(12)15/h1-6,8-10H,7,11H2. The van der Waals surface area contributed by atoms with Crippen molar-refractivity contribution in [1.82, 2.24) is 0 Å². The number of hydrogen-bond acceptors (Lipinski definition) is 1. The molecule has 2 aliphatic rings. The minimum Gasteiger partial charge on any atom is -0.287 e. The first kappa shape index (κ1) is 10.6. The fraction of sp³-hybridized carbons (Fsp3) is 0.118. The van der Waals surface area contributed by atoms with Crippen LogP contribution in [0.1, 0.15) is 11.1 Å². The molecule has 0 atom stereocenters. The second-order valence-electron chi connectivity index (χ2n) is 5.00. The molecule has 0 bridgehead atoms. The van der Waals surface area contributed by atoms with Crippen molar-refractivity contribution < 1.29 is 4.79 Å². The summed E-state index contributed by atoms with van der Waals surface area (Å²) in [6.45, 7) is 0. The number of allylic oxidation sites excluding steroid dienone is 1. The van der Waals surface area contributed by atoms with Gasteiger partial charge in [0.1, 0.15) is 0 Å². The maximum Gasteiger partial charge on any atom is 0.235 e. The van der Waals surface area contributed by atoms with E-state index in [1.165, 1.54) is 16.7 Å². The number of carbonyl (C=O) groups is 1. The highest BCUT2D eigenvalue weighted by Crippen LogP contribution is 2.40. The van der Waals surface area contributed by atoms with Crippen LogP contribution in [0.15, 0.2) is 54.7 Å². The van der Waals surface area contributed by atoms with Crippen LogP contribution in [-0.4, -0.2) is 5.91 Å². The van der Waals surface area contributed by atoms with E-state index in [1.807, 2.05) is 23.2 Å². The molecule has 2 aliphatic heterocycles. The average Bonchev–Trinajstić information content (AvgIpc) is 2.57. The largest absolute Gasteiger partial charge is 0.287 e. The number of benzene rings is 2. The van der Waals surface area contributed by atoms with Crippen LogP contribution >= 0.6 is 0 Å². The van der Waals surface area contributed by atoms with Crippen LogP contribution < -0.4 is 4.90 Å². The SMILES string of the molecule is O=C1Cc2ccccc2-c2cccc3c2N1C=CC3. The maximum atomic E-state index is 12.4. The lowest BCUT2D eigenvalue weighted by atomic mass is 9.94. The van der Waals surface area contributed by atoms with Crippen LogP contribution in [-0.2, 0) is 17.6 Å². The predicted molar refractivity (Wildman–Crippen MR) is 75.9 cm³/mol. The van der Waals surface area contributed by atoms with Gasteiger partial charge in [-0.1, -0.05) is 48.5 Å². The van der Waals surface area contributed by atoms with Gasteiger partial charge in [-0.15, -0.1) is 0 Å². The number of anilines is 1. The van der Waals surface area contributed by atoms with E-state index in [0.717, 1.165) is 17.7 Å². The Kier molecular flexibility index (Phi) is 2.12. The molecule has 4 rings (SSSR count). The summed E-state index contributed by atoms with van der Waals surface area (Å²) >= 11 is 0. The molecule has 2 heterocycles. The molecule has 2 nitrogen and oxygen atoms in total. The van der Waals surface area contributed by atoms with Crippen molar-refractivity contribution >= 4 is 11.6 Å². The topological polar surface area (TPSA) is 20.3 Å². The van der Waals surface area contributed by atoms with E-state index < -0.39 is 0 Å². The molecule has 0 N–H and O–H groups in total. The molecule has 0 unspecified atom stereocenters. The highest BCUT2D eigenvalue weighted by molar-refractivity contribution is 6.05. The summed E-state index contributed by atoms with van der Waals surface area (Å²) in [5, 5.41) is 0. The molecule has 0 saturated heterocycles. The summed E-state index contributed by atoms with van der Waals surface area (Å²) in [4.78, 5) is 14.2. The van der Waals surface area contributed by atoms with E-state index in [9.17, 15) is 4.79 Å². The van der Waals surface area contributed by atoms with Gasteiger partial charge in [0, 0.05) is 11.8 Å². The minimum absolute atomic E-state index is 0.148. The van der Waals surface area contributed by atoms with Gasteiger partial charge in [-0.3, -0.25) is 9.69 Å². The summed E-state index contributed by atoms with van der Waals surface area (Å²) in [7, 11) is 0. The summed E-state index contributed by atoms with van der Waals surface area (Å²) in [5.74, 6) is 0.148. The molecule has 0 fully saturated rings. The maximum absolute atomic E-state index is 12.4. The molecule has 0 saturated carbocycles. The number of para-hydroxylation sites is 1. The number of carbonyl (C=O) groups excluding carboxylic acids is 1. The molecule has 2 aromatic carbocycles. The van der Waals surface area contributed by atoms with Crippen molar-refractivity contribution in [3.8, 4) is 11.1 Å². The van der Waals surface area contributed by atoms with E-state index >= 15 is 0 Å². The van der Waals surface area contributed by atoms with Crippen LogP contribution in [0.2, 0.25) is 0 Å². The summed E-state index contributed by atoms with van der Waals surface area (Å²) in [6, 6.07) is 14.5. The molecule has 2 heteroatoms. The molecule has 0 aliphatic carbocycles. The van der Waals surface area contributed by atoms with E-state index in [1.54, 1.807) is 0 Å². The Balaban J connectivity index is 2.09. The molecular weight excluding hydrogens is 234 g/mol. The zero-order valence-electron chi connectivity index (χ0n) is 10.5. The normalized spacial score (nSPS) is 15.8. The number of amides is 1.